The molecule has 0 bridgehead atoms. The quantitative estimate of drug-likeness (QED) is 0.701. The van der Waals surface area contributed by atoms with E-state index >= 15 is 0 Å². The van der Waals surface area contributed by atoms with Crippen LogP contribution in [0.2, 0.25) is 0 Å². The van der Waals surface area contributed by atoms with Crippen LogP contribution in [0, 0.1) is 11.3 Å². The molecule has 0 spiro atoms. The summed E-state index contributed by atoms with van der Waals surface area (Å²) in [4.78, 5) is 8.26. The van der Waals surface area contributed by atoms with Crippen LogP contribution in [0.25, 0.3) is 16.9 Å². The number of aromatic nitrogens is 3. The lowest BCUT2D eigenvalue weighted by molar-refractivity contribution is 0.593. The number of hydrogen-bond donors (Lipinski definition) is 0. The van der Waals surface area contributed by atoms with E-state index in [-0.39, 0.29) is 11.4 Å². The number of anilines is 1. The molecule has 3 aromatic rings. The molecule has 0 amide bonds. The van der Waals surface area contributed by atoms with E-state index in [2.05, 4.69) is 9.97 Å². The molecule has 0 saturated heterocycles. The fourth-order valence-corrected chi connectivity index (χ4v) is 3.87. The van der Waals surface area contributed by atoms with Gasteiger partial charge in [0.05, 0.1) is 17.1 Å². The van der Waals surface area contributed by atoms with Crippen molar-refractivity contribution >= 4 is 21.4 Å². The number of nitriles is 1. The Kier molecular flexibility index (Phi) is 4.42. The molecular weight excluding hydrogens is 338 g/mol. The Morgan fingerprint density at radius 1 is 1.24 bits per heavy atom. The van der Waals surface area contributed by atoms with Crippen molar-refractivity contribution in [2.45, 2.75) is 13.8 Å². The zero-order valence-corrected chi connectivity index (χ0v) is 14.7. The van der Waals surface area contributed by atoms with Crippen molar-refractivity contribution in [3.05, 3.63) is 48.5 Å². The molecule has 0 aliphatic heterocycles. The van der Waals surface area contributed by atoms with E-state index in [0.29, 0.717) is 17.9 Å². The summed E-state index contributed by atoms with van der Waals surface area (Å²) in [7, 11) is -3.35. The van der Waals surface area contributed by atoms with Crippen LogP contribution in [0.3, 0.4) is 0 Å². The van der Waals surface area contributed by atoms with Crippen LogP contribution in [0.1, 0.15) is 19.5 Å². The molecule has 0 fully saturated rings. The highest BCUT2D eigenvalue weighted by Crippen LogP contribution is 2.27. The standard InChI is InChI=1S/C17H17N5O2S/c1-3-22(25(23,24)4-2)14-7-5-6-13(10-14)16-8-9-19-17-15(11-18)20-12-21(16)17/h5-10,12H,3-4H2,1-2H3. The number of imidazole rings is 1. The Labute approximate surface area is 146 Å². The van der Waals surface area contributed by atoms with Crippen LogP contribution in [-0.4, -0.2) is 35.1 Å². The van der Waals surface area contributed by atoms with Crippen LogP contribution >= 0.6 is 0 Å². The molecular formula is C17H17N5O2S. The first-order chi connectivity index (χ1) is 12.0. The van der Waals surface area contributed by atoms with Crippen molar-refractivity contribution in [1.82, 2.24) is 14.4 Å². The highest BCUT2D eigenvalue weighted by Gasteiger charge is 2.19. The Bertz CT molecular complexity index is 1070. The predicted molar refractivity (Wildman–Crippen MR) is 95.6 cm³/mol. The minimum Gasteiger partial charge on any atom is -0.282 e. The molecule has 3 rings (SSSR count). The third-order valence-electron chi connectivity index (χ3n) is 3.95. The Hall–Kier alpha value is -2.92. The van der Waals surface area contributed by atoms with E-state index in [1.807, 2.05) is 24.3 Å². The maximum atomic E-state index is 12.3. The molecule has 0 saturated carbocycles. The van der Waals surface area contributed by atoms with E-state index < -0.39 is 10.0 Å². The number of rotatable bonds is 5. The van der Waals surface area contributed by atoms with Crippen molar-refractivity contribution in [3.8, 4) is 17.3 Å². The minimum absolute atomic E-state index is 0.0393. The van der Waals surface area contributed by atoms with Crippen LogP contribution in [0.15, 0.2) is 42.9 Å². The summed E-state index contributed by atoms with van der Waals surface area (Å²) >= 11 is 0. The van der Waals surface area contributed by atoms with Crippen molar-refractivity contribution < 1.29 is 8.42 Å². The molecule has 2 aromatic heterocycles. The largest absolute Gasteiger partial charge is 0.282 e. The van der Waals surface area contributed by atoms with Gasteiger partial charge in [0.15, 0.2) is 11.3 Å². The van der Waals surface area contributed by atoms with Crippen molar-refractivity contribution in [2.75, 3.05) is 16.6 Å². The van der Waals surface area contributed by atoms with Crippen molar-refractivity contribution in [3.63, 3.8) is 0 Å². The molecule has 0 aliphatic rings. The second-order valence-electron chi connectivity index (χ2n) is 5.34. The summed E-state index contributed by atoms with van der Waals surface area (Å²) in [6.45, 7) is 3.79. The van der Waals surface area contributed by atoms with Crippen molar-refractivity contribution in [2.24, 2.45) is 0 Å². The van der Waals surface area contributed by atoms with Crippen LogP contribution in [0.5, 0.6) is 0 Å². The number of hydrogen-bond acceptors (Lipinski definition) is 5. The van der Waals surface area contributed by atoms with Gasteiger partial charge in [-0.1, -0.05) is 12.1 Å². The number of nitrogens with zero attached hydrogens (tertiary/aromatic N) is 5. The zero-order chi connectivity index (χ0) is 18.0. The van der Waals surface area contributed by atoms with Gasteiger partial charge in [0.1, 0.15) is 12.4 Å². The third-order valence-corrected chi connectivity index (χ3v) is 5.82. The lowest BCUT2D eigenvalue weighted by Crippen LogP contribution is -2.32. The molecule has 2 heterocycles. The molecule has 1 aromatic carbocycles. The normalized spacial score (nSPS) is 11.4. The second-order valence-corrected chi connectivity index (χ2v) is 7.53. The smallest absolute Gasteiger partial charge is 0.234 e. The van der Waals surface area contributed by atoms with Gasteiger partial charge in [-0.25, -0.2) is 18.4 Å². The first kappa shape index (κ1) is 16.9. The molecule has 0 radical (unpaired) electrons. The Balaban J connectivity index is 2.15. The van der Waals surface area contributed by atoms with Gasteiger partial charge in [0.25, 0.3) is 0 Å². The van der Waals surface area contributed by atoms with Gasteiger partial charge in [0.2, 0.25) is 10.0 Å². The lowest BCUT2D eigenvalue weighted by atomic mass is 10.1. The minimum atomic E-state index is -3.35. The van der Waals surface area contributed by atoms with Crippen LogP contribution < -0.4 is 4.31 Å². The highest BCUT2D eigenvalue weighted by molar-refractivity contribution is 7.92. The molecule has 25 heavy (non-hydrogen) atoms. The lowest BCUT2D eigenvalue weighted by Gasteiger charge is -2.22. The molecule has 128 valence electrons. The summed E-state index contributed by atoms with van der Waals surface area (Å²) in [6.07, 6.45) is 3.16. The van der Waals surface area contributed by atoms with Crippen LogP contribution in [0.4, 0.5) is 5.69 Å². The monoisotopic (exact) mass is 355 g/mol. The molecule has 0 unspecified atom stereocenters. The zero-order valence-electron chi connectivity index (χ0n) is 13.9. The van der Waals surface area contributed by atoms with Crippen LogP contribution in [-0.2, 0) is 10.0 Å². The first-order valence-corrected chi connectivity index (χ1v) is 9.45. The summed E-state index contributed by atoms with van der Waals surface area (Å²) in [5.74, 6) is 0.0393. The highest BCUT2D eigenvalue weighted by atomic mass is 32.2. The third kappa shape index (κ3) is 2.94. The fraction of sp³-hybridized carbons (Fsp3) is 0.235. The average molecular weight is 355 g/mol. The average Bonchev–Trinajstić information content (AvgIpc) is 3.05. The summed E-state index contributed by atoms with van der Waals surface area (Å²) in [5, 5.41) is 9.11. The van der Waals surface area contributed by atoms with Gasteiger partial charge < -0.3 is 0 Å². The summed E-state index contributed by atoms with van der Waals surface area (Å²) < 4.78 is 27.7. The van der Waals surface area contributed by atoms with E-state index in [0.717, 1.165) is 11.3 Å². The van der Waals surface area contributed by atoms with E-state index in [1.54, 1.807) is 42.9 Å². The van der Waals surface area contributed by atoms with E-state index in [4.69, 9.17) is 5.26 Å². The van der Waals surface area contributed by atoms with Crippen molar-refractivity contribution in [1.29, 1.82) is 5.26 Å². The molecule has 8 heteroatoms. The number of benzene rings is 1. The molecule has 0 N–H and O–H groups in total. The van der Waals surface area contributed by atoms with Gasteiger partial charge in [0, 0.05) is 18.3 Å². The maximum Gasteiger partial charge on any atom is 0.234 e. The summed E-state index contributed by atoms with van der Waals surface area (Å²) in [6, 6.07) is 11.1. The molecule has 7 nitrogen and oxygen atoms in total. The predicted octanol–water partition coefficient (Wildman–Crippen LogP) is 2.44. The summed E-state index contributed by atoms with van der Waals surface area (Å²) in [5.41, 5.74) is 2.93. The molecule has 0 atom stereocenters. The van der Waals surface area contributed by atoms with Gasteiger partial charge in [-0.3, -0.25) is 8.71 Å². The number of sulfonamides is 1. The van der Waals surface area contributed by atoms with Gasteiger partial charge in [-0.2, -0.15) is 5.26 Å². The van der Waals surface area contributed by atoms with Gasteiger partial charge in [-0.05, 0) is 32.0 Å². The van der Waals surface area contributed by atoms with Gasteiger partial charge >= 0.3 is 0 Å². The first-order valence-electron chi connectivity index (χ1n) is 7.84. The second kappa shape index (κ2) is 6.53. The van der Waals surface area contributed by atoms with E-state index in [9.17, 15) is 8.42 Å². The Morgan fingerprint density at radius 3 is 2.72 bits per heavy atom. The fourth-order valence-electron chi connectivity index (χ4n) is 2.73. The number of fused-ring (bicyclic) bond motifs is 1. The topological polar surface area (TPSA) is 91.4 Å². The molecule has 0 aliphatic carbocycles. The van der Waals surface area contributed by atoms with Gasteiger partial charge in [-0.15, -0.1) is 0 Å². The SMILES string of the molecule is CCN(c1cccc(-c2ccnc3c(C#N)ncn23)c1)S(=O)(=O)CC. The van der Waals surface area contributed by atoms with E-state index in [1.165, 1.54) is 4.31 Å². The maximum absolute atomic E-state index is 12.3. The Morgan fingerprint density at radius 2 is 2.04 bits per heavy atom.